The number of rotatable bonds is 0. The molecule has 1 N–H and O–H groups in total. The van der Waals surface area contributed by atoms with Gasteiger partial charge in [-0.05, 0) is 29.7 Å². The van der Waals surface area contributed by atoms with Gasteiger partial charge in [0, 0.05) is 13.1 Å². The summed E-state index contributed by atoms with van der Waals surface area (Å²) in [6.07, 6.45) is 1.03. The summed E-state index contributed by atoms with van der Waals surface area (Å²) in [7, 11) is 2.71. The Kier molecular flexibility index (Phi) is 2.03. The molecule has 3 heteroatoms. The van der Waals surface area contributed by atoms with Crippen LogP contribution in [0.2, 0.25) is 0 Å². The molecule has 0 bridgehead atoms. The Balaban J connectivity index is 2.37. The first-order valence-electron chi connectivity index (χ1n) is 4.06. The van der Waals surface area contributed by atoms with Gasteiger partial charge in [0.1, 0.15) is 5.75 Å². The third kappa shape index (κ3) is 1.45. The summed E-state index contributed by atoms with van der Waals surface area (Å²) in [5.74, 6) is 0.381. The average Bonchev–Trinajstić information content (AvgIpc) is 2.05. The van der Waals surface area contributed by atoms with Crippen molar-refractivity contribution in [2.45, 2.75) is 13.0 Å². The first kappa shape index (κ1) is 8.03. The van der Waals surface area contributed by atoms with Crippen LogP contribution < -0.4 is 0 Å². The van der Waals surface area contributed by atoms with Crippen molar-refractivity contribution in [3.63, 3.8) is 0 Å². The summed E-state index contributed by atoms with van der Waals surface area (Å²) < 4.78 is 2.21. The van der Waals surface area contributed by atoms with Gasteiger partial charge < -0.3 is 5.11 Å². The molecular weight excluding hydrogens is 169 g/mol. The van der Waals surface area contributed by atoms with Crippen molar-refractivity contribution in [1.29, 1.82) is 0 Å². The second-order valence-corrected chi connectivity index (χ2v) is 3.90. The molecule has 0 spiro atoms. The van der Waals surface area contributed by atoms with Crippen molar-refractivity contribution in [2.75, 3.05) is 6.54 Å². The minimum Gasteiger partial charge on any atom is -0.508 e. The van der Waals surface area contributed by atoms with Crippen LogP contribution >= 0.6 is 9.39 Å². The van der Waals surface area contributed by atoms with E-state index in [-0.39, 0.29) is 0 Å². The molecule has 0 saturated heterocycles. The molecule has 0 aromatic heterocycles. The van der Waals surface area contributed by atoms with Gasteiger partial charge in [-0.1, -0.05) is 15.5 Å². The van der Waals surface area contributed by atoms with Gasteiger partial charge in [-0.25, -0.2) is 0 Å². The van der Waals surface area contributed by atoms with Crippen molar-refractivity contribution < 1.29 is 5.11 Å². The number of fused-ring (bicyclic) bond motifs is 1. The zero-order valence-corrected chi connectivity index (χ0v) is 7.98. The lowest BCUT2D eigenvalue weighted by Crippen LogP contribution is -2.21. The molecule has 12 heavy (non-hydrogen) atoms. The fourth-order valence-electron chi connectivity index (χ4n) is 1.56. The third-order valence-corrected chi connectivity index (χ3v) is 2.67. The van der Waals surface area contributed by atoms with Crippen LogP contribution in [0.3, 0.4) is 0 Å². The van der Waals surface area contributed by atoms with E-state index in [2.05, 4.69) is 14.1 Å². The number of aromatic hydroxyl groups is 1. The van der Waals surface area contributed by atoms with Crippen molar-refractivity contribution in [3.8, 4) is 5.75 Å². The summed E-state index contributed by atoms with van der Waals surface area (Å²) in [5.41, 5.74) is 2.61. The zero-order chi connectivity index (χ0) is 8.55. The summed E-state index contributed by atoms with van der Waals surface area (Å²) in [5, 5.41) is 9.24. The Morgan fingerprint density at radius 3 is 3.00 bits per heavy atom. The smallest absolute Gasteiger partial charge is 0.115 e. The normalized spacial score (nSPS) is 17.4. The molecule has 64 valence electrons. The van der Waals surface area contributed by atoms with Crippen LogP contribution in [0.5, 0.6) is 5.75 Å². The first-order chi connectivity index (χ1) is 5.75. The Labute approximate surface area is 74.5 Å². The third-order valence-electron chi connectivity index (χ3n) is 2.23. The van der Waals surface area contributed by atoms with E-state index in [1.54, 1.807) is 6.07 Å². The molecule has 1 aliphatic rings. The van der Waals surface area contributed by atoms with Crippen LogP contribution in [-0.4, -0.2) is 16.3 Å². The maximum absolute atomic E-state index is 9.24. The number of nitrogens with zero attached hydrogens (tertiary/aromatic N) is 1. The Morgan fingerprint density at radius 1 is 1.33 bits per heavy atom. The topological polar surface area (TPSA) is 23.5 Å². The standard InChI is InChI=1S/C9H12NOP/c11-9-2-1-8-6-10(12)4-3-7(8)5-9/h1-2,5,11H,3-4,6,12H2. The SMILES string of the molecule is Oc1ccc2c(c1)CCN(P)C2. The predicted octanol–water partition coefficient (Wildman–Crippen LogP) is 1.54. The first-order valence-corrected chi connectivity index (χ1v) is 4.58. The molecule has 1 aromatic rings. The van der Waals surface area contributed by atoms with E-state index in [9.17, 15) is 5.11 Å². The van der Waals surface area contributed by atoms with Gasteiger partial charge in [0.25, 0.3) is 0 Å². The van der Waals surface area contributed by atoms with Gasteiger partial charge in [0.15, 0.2) is 0 Å². The molecule has 2 rings (SSSR count). The summed E-state index contributed by atoms with van der Waals surface area (Å²) in [6, 6.07) is 5.62. The van der Waals surface area contributed by atoms with Crippen molar-refractivity contribution in [3.05, 3.63) is 29.3 Å². The molecule has 1 aromatic carbocycles. The molecule has 0 amide bonds. The van der Waals surface area contributed by atoms with Crippen LogP contribution in [0.25, 0.3) is 0 Å². The number of phenolic OH excluding ortho intramolecular Hbond substituents is 1. The highest BCUT2D eigenvalue weighted by Crippen LogP contribution is 2.24. The van der Waals surface area contributed by atoms with Gasteiger partial charge in [-0.2, -0.15) is 0 Å². The summed E-state index contributed by atoms with van der Waals surface area (Å²) in [6.45, 7) is 2.03. The highest BCUT2D eigenvalue weighted by atomic mass is 31.0. The molecule has 1 aliphatic heterocycles. The molecule has 0 fully saturated rings. The fourth-order valence-corrected chi connectivity index (χ4v) is 1.89. The van der Waals surface area contributed by atoms with E-state index in [0.29, 0.717) is 5.75 Å². The molecule has 0 radical (unpaired) electrons. The molecular formula is C9H12NOP. The van der Waals surface area contributed by atoms with Gasteiger partial charge in [0.2, 0.25) is 0 Å². The van der Waals surface area contributed by atoms with Crippen LogP contribution in [0.4, 0.5) is 0 Å². The minimum atomic E-state index is 0.381. The van der Waals surface area contributed by atoms with E-state index < -0.39 is 0 Å². The van der Waals surface area contributed by atoms with Crippen molar-refractivity contribution in [1.82, 2.24) is 4.67 Å². The molecule has 1 heterocycles. The quantitative estimate of drug-likeness (QED) is 0.614. The Morgan fingerprint density at radius 2 is 2.17 bits per heavy atom. The van der Waals surface area contributed by atoms with E-state index >= 15 is 0 Å². The Bertz CT molecular complexity index is 301. The minimum absolute atomic E-state index is 0.381. The lowest BCUT2D eigenvalue weighted by atomic mass is 10.0. The average molecular weight is 181 g/mol. The van der Waals surface area contributed by atoms with E-state index in [1.807, 2.05) is 12.1 Å². The lowest BCUT2D eigenvalue weighted by molar-refractivity contribution is 0.437. The highest BCUT2D eigenvalue weighted by molar-refractivity contribution is 7.13. The number of hydrogen-bond donors (Lipinski definition) is 1. The lowest BCUT2D eigenvalue weighted by Gasteiger charge is -2.24. The van der Waals surface area contributed by atoms with Gasteiger partial charge in [-0.15, -0.1) is 0 Å². The number of phenols is 1. The zero-order valence-electron chi connectivity index (χ0n) is 6.83. The molecule has 1 atom stereocenters. The molecule has 1 unspecified atom stereocenters. The van der Waals surface area contributed by atoms with Gasteiger partial charge in [-0.3, -0.25) is 4.67 Å². The fraction of sp³-hybridized carbons (Fsp3) is 0.333. The van der Waals surface area contributed by atoms with Crippen LogP contribution in [0.1, 0.15) is 11.1 Å². The summed E-state index contributed by atoms with van der Waals surface area (Å²) >= 11 is 0. The van der Waals surface area contributed by atoms with Crippen molar-refractivity contribution >= 4 is 9.39 Å². The van der Waals surface area contributed by atoms with E-state index in [4.69, 9.17) is 0 Å². The maximum Gasteiger partial charge on any atom is 0.115 e. The second kappa shape index (κ2) is 3.04. The van der Waals surface area contributed by atoms with Crippen LogP contribution in [0.15, 0.2) is 18.2 Å². The van der Waals surface area contributed by atoms with Gasteiger partial charge >= 0.3 is 0 Å². The van der Waals surface area contributed by atoms with E-state index in [0.717, 1.165) is 19.5 Å². The molecule has 0 aliphatic carbocycles. The van der Waals surface area contributed by atoms with Gasteiger partial charge in [0.05, 0.1) is 0 Å². The molecule has 0 saturated carbocycles. The predicted molar refractivity (Wildman–Crippen MR) is 51.9 cm³/mol. The highest BCUT2D eigenvalue weighted by Gasteiger charge is 2.12. The largest absolute Gasteiger partial charge is 0.508 e. The molecule has 2 nitrogen and oxygen atoms in total. The number of hydrogen-bond acceptors (Lipinski definition) is 2. The number of benzene rings is 1. The monoisotopic (exact) mass is 181 g/mol. The van der Waals surface area contributed by atoms with Crippen molar-refractivity contribution in [2.24, 2.45) is 0 Å². The Hall–Kier alpha value is -0.590. The second-order valence-electron chi connectivity index (χ2n) is 3.17. The summed E-state index contributed by atoms with van der Waals surface area (Å²) in [4.78, 5) is 0. The van der Waals surface area contributed by atoms with Crippen LogP contribution in [0, 0.1) is 0 Å². The van der Waals surface area contributed by atoms with Crippen LogP contribution in [-0.2, 0) is 13.0 Å². The maximum atomic E-state index is 9.24. The van der Waals surface area contributed by atoms with E-state index in [1.165, 1.54) is 11.1 Å².